The first-order chi connectivity index (χ1) is 49.7. The fourth-order valence-electron chi connectivity index (χ4n) is 17.1. The SMILES string of the molecule is CC[C@@H]1C[C@]1(CC(=O)[C@@H]1CC2CN1C(=O)[C@H](C(C)(C)C)CC(=O)OCC(C)(C)CCCCc1cccc3c1CN(C3)C(=O)O2)C(=O)NS(=O)(=O)C1CC1.CC[C@@H]1C[C@]1(CC(=O)[C@@H]1CC2CN1C(=O)[C@H](C(C)(C)C)CC(=O)OCC(C)(C)CCCCc1cccc3c1CN(C3)C(=O)O2)C(=O)NS(=O)(=O)C1CC1. The fraction of sp³-hybridized carbons (Fsp3) is 0.725. The Morgan fingerprint density at radius 1 is 0.519 bits per heavy atom. The monoisotopic (exact) mass is 1510 g/mol. The summed E-state index contributed by atoms with van der Waals surface area (Å²) in [5, 5.41) is -1.18. The summed E-state index contributed by atoms with van der Waals surface area (Å²) in [4.78, 5) is 145. The number of esters is 2. The van der Waals surface area contributed by atoms with Crippen LogP contribution in [0.25, 0.3) is 0 Å². The number of hydrogen-bond donors (Lipinski definition) is 2. The Hall–Kier alpha value is -6.96. The van der Waals surface area contributed by atoms with Gasteiger partial charge in [-0.1, -0.05) is 145 Å². The third-order valence-corrected chi connectivity index (χ3v) is 28.2. The Bertz CT molecular complexity index is 3750. The second-order valence-corrected chi connectivity index (χ2v) is 40.1. The molecule has 24 nitrogen and oxygen atoms in total. The number of rotatable bonds is 14. The van der Waals surface area contributed by atoms with Crippen LogP contribution in [0.15, 0.2) is 36.4 Å². The number of nitrogens with zero attached hydrogens (tertiary/aromatic N) is 4. The highest BCUT2D eigenvalue weighted by molar-refractivity contribution is 7.91. The summed E-state index contributed by atoms with van der Waals surface area (Å²) < 4.78 is 79.2. The van der Waals surface area contributed by atoms with Crippen LogP contribution in [0.3, 0.4) is 0 Å². The maximum atomic E-state index is 14.6. The third kappa shape index (κ3) is 18.3. The van der Waals surface area contributed by atoms with E-state index < -0.39 is 136 Å². The number of amides is 6. The number of hydrogen-bond acceptors (Lipinski definition) is 18. The number of sulfonamides is 2. The molecule has 106 heavy (non-hydrogen) atoms. The Morgan fingerprint density at radius 2 is 0.877 bits per heavy atom. The topological polar surface area (TPSA) is 313 Å². The molecule has 2 N–H and O–H groups in total. The van der Waals surface area contributed by atoms with E-state index in [0.29, 0.717) is 77.5 Å². The number of benzene rings is 2. The van der Waals surface area contributed by atoms with Crippen molar-refractivity contribution in [1.29, 1.82) is 0 Å². The maximum Gasteiger partial charge on any atom is 0.410 e. The van der Waals surface area contributed by atoms with Crippen molar-refractivity contribution in [3.05, 3.63) is 69.8 Å². The van der Waals surface area contributed by atoms with Gasteiger partial charge in [0.2, 0.25) is 43.7 Å². The van der Waals surface area contributed by atoms with Crippen LogP contribution in [0, 0.1) is 56.2 Å². The lowest BCUT2D eigenvalue weighted by Gasteiger charge is -2.35. The Labute approximate surface area is 626 Å². The maximum absolute atomic E-state index is 14.6. The Morgan fingerprint density at radius 3 is 1.21 bits per heavy atom. The summed E-state index contributed by atoms with van der Waals surface area (Å²) in [5.41, 5.74) is 2.48. The van der Waals surface area contributed by atoms with Crippen molar-refractivity contribution >= 4 is 79.4 Å². The molecule has 6 amide bonds. The largest absolute Gasteiger partial charge is 0.465 e. The zero-order valence-corrected chi connectivity index (χ0v) is 66.0. The van der Waals surface area contributed by atoms with Crippen LogP contribution >= 0.6 is 0 Å². The molecular formula is C80H114N6O18S2. The third-order valence-electron chi connectivity index (χ3n) is 24.6. The van der Waals surface area contributed by atoms with E-state index in [1.54, 1.807) is 9.80 Å². The van der Waals surface area contributed by atoms with Gasteiger partial charge in [0.15, 0.2) is 11.6 Å². The lowest BCUT2D eigenvalue weighted by Crippen LogP contribution is -2.48. The van der Waals surface area contributed by atoms with Crippen LogP contribution in [0.5, 0.6) is 0 Å². The second kappa shape index (κ2) is 30.8. The van der Waals surface area contributed by atoms with Gasteiger partial charge in [0.05, 0.1) is 84.4 Å². The van der Waals surface area contributed by atoms with Crippen LogP contribution < -0.4 is 9.44 Å². The standard InChI is InChI=1S/2C40H57N3O9S/c2*1-7-27-19-40(27,36(47)41-53(49,50)29-14-15-29)20-33(44)32-17-28-22-43(32)35(46)31(38(2,3)4)18-34(45)51-24-39(5,6)16-9-8-11-25-12-10-13-26-21-42(23-30(25)26)37(48)52-28/h2*10,12-13,27-29,31-32H,7-9,11,14-24H2,1-6H3,(H,41,47)/t2*27-,28?,31-,32+,40-/m11/s1. The second-order valence-electron chi connectivity index (χ2n) is 36.2. The summed E-state index contributed by atoms with van der Waals surface area (Å²) in [5.74, 6) is -5.99. The summed E-state index contributed by atoms with van der Waals surface area (Å²) >= 11 is 0. The summed E-state index contributed by atoms with van der Waals surface area (Å²) in [6.45, 7) is 25.2. The van der Waals surface area contributed by atoms with E-state index in [1.807, 2.05) is 79.7 Å². The van der Waals surface area contributed by atoms with Gasteiger partial charge in [-0.05, 0) is 144 Å². The van der Waals surface area contributed by atoms with Gasteiger partial charge in [-0.15, -0.1) is 0 Å². The first-order valence-electron chi connectivity index (χ1n) is 38.9. The van der Waals surface area contributed by atoms with E-state index in [4.69, 9.17) is 18.9 Å². The number of fused-ring (bicyclic) bond motifs is 6. The number of nitrogens with one attached hydrogen (secondary N) is 2. The molecule has 6 heterocycles. The smallest absolute Gasteiger partial charge is 0.410 e. The first kappa shape index (κ1) is 80.1. The molecule has 6 fully saturated rings. The molecule has 10 aliphatic rings. The van der Waals surface area contributed by atoms with Crippen LogP contribution in [0.1, 0.15) is 245 Å². The van der Waals surface area contributed by atoms with E-state index in [-0.39, 0.29) is 99.1 Å². The zero-order valence-electron chi connectivity index (χ0n) is 64.4. The van der Waals surface area contributed by atoms with Crippen molar-refractivity contribution in [3.63, 3.8) is 0 Å². The lowest BCUT2D eigenvalue weighted by atomic mass is 9.77. The molecule has 4 saturated carbocycles. The molecule has 0 aromatic heterocycles. The van der Waals surface area contributed by atoms with E-state index in [2.05, 4.69) is 49.3 Å². The van der Waals surface area contributed by atoms with Crippen LogP contribution in [0.4, 0.5) is 9.59 Å². The van der Waals surface area contributed by atoms with Gasteiger partial charge in [-0.3, -0.25) is 57.6 Å². The average Bonchev–Trinajstić information content (AvgIpc) is 1.58. The molecule has 0 radical (unpaired) electrons. The van der Waals surface area contributed by atoms with Crippen molar-refractivity contribution in [2.75, 3.05) is 26.3 Å². The highest BCUT2D eigenvalue weighted by Gasteiger charge is 2.64. The van der Waals surface area contributed by atoms with Gasteiger partial charge in [-0.25, -0.2) is 26.4 Å². The number of carbonyl (C=O) groups excluding carboxylic acids is 10. The minimum Gasteiger partial charge on any atom is -0.465 e. The summed E-state index contributed by atoms with van der Waals surface area (Å²) in [7, 11) is -7.66. The van der Waals surface area contributed by atoms with E-state index >= 15 is 0 Å². The zero-order chi connectivity index (χ0) is 77.0. The number of ketones is 2. The van der Waals surface area contributed by atoms with Crippen LogP contribution in [-0.4, -0.2) is 157 Å². The van der Waals surface area contributed by atoms with Crippen molar-refractivity contribution < 1.29 is 83.7 Å². The van der Waals surface area contributed by atoms with E-state index in [0.717, 1.165) is 73.6 Å². The van der Waals surface area contributed by atoms with Gasteiger partial charge in [0, 0.05) is 51.9 Å². The number of aryl methyl sites for hydroxylation is 2. The molecule has 26 heteroatoms. The predicted molar refractivity (Wildman–Crippen MR) is 393 cm³/mol. The first-order valence-corrected chi connectivity index (χ1v) is 42.0. The predicted octanol–water partition coefficient (Wildman–Crippen LogP) is 10.9. The van der Waals surface area contributed by atoms with Crippen LogP contribution in [-0.2, 0) is 116 Å². The van der Waals surface area contributed by atoms with E-state index in [1.165, 1.54) is 20.9 Å². The van der Waals surface area contributed by atoms with Gasteiger partial charge < -0.3 is 28.7 Å². The van der Waals surface area contributed by atoms with E-state index in [9.17, 15) is 64.8 Å². The Balaban J connectivity index is 0.000000212. The normalized spacial score (nSPS) is 29.7. The van der Waals surface area contributed by atoms with Gasteiger partial charge in [0.1, 0.15) is 12.2 Å². The van der Waals surface area contributed by atoms with Crippen molar-refractivity contribution in [1.82, 2.24) is 29.0 Å². The molecule has 10 atom stereocenters. The highest BCUT2D eigenvalue weighted by Crippen LogP contribution is 2.59. The minimum absolute atomic E-state index is 0.0344. The van der Waals surface area contributed by atoms with Gasteiger partial charge >= 0.3 is 24.1 Å². The Kier molecular flexibility index (Phi) is 23.3. The quantitative estimate of drug-likeness (QED) is 0.131. The van der Waals surface area contributed by atoms with Gasteiger partial charge in [-0.2, -0.15) is 0 Å². The molecule has 2 aromatic carbocycles. The fourth-order valence-corrected chi connectivity index (χ4v) is 19.9. The highest BCUT2D eigenvalue weighted by atomic mass is 32.2. The number of Topliss-reactive ketones (excluding diaryl/α,β-unsaturated/α-hetero) is 2. The van der Waals surface area contributed by atoms with Crippen molar-refractivity contribution in [2.24, 2.45) is 56.2 Å². The number of carbonyl (C=O) groups is 10. The average molecular weight is 1510 g/mol. The molecular weight excluding hydrogens is 1400 g/mol. The molecule has 12 rings (SSSR count). The van der Waals surface area contributed by atoms with Crippen molar-refractivity contribution in [3.8, 4) is 0 Å². The molecule has 584 valence electrons. The number of cyclic esters (lactones) is 2. The number of ether oxygens (including phenoxy) is 4. The molecule has 0 spiro atoms. The minimum atomic E-state index is -3.83. The van der Waals surface area contributed by atoms with Gasteiger partial charge in [0.25, 0.3) is 0 Å². The molecule has 6 aliphatic heterocycles. The lowest BCUT2D eigenvalue weighted by molar-refractivity contribution is -0.155. The molecule has 2 aromatic rings. The molecule has 2 saturated heterocycles. The molecule has 2 unspecified atom stereocenters. The van der Waals surface area contributed by atoms with Crippen molar-refractivity contribution in [2.45, 2.75) is 285 Å². The molecule has 4 aliphatic carbocycles. The summed E-state index contributed by atoms with van der Waals surface area (Å²) in [6, 6.07) is 10.2. The molecule has 8 bridgehead atoms. The van der Waals surface area contributed by atoms with Crippen LogP contribution in [0.2, 0.25) is 0 Å². The summed E-state index contributed by atoms with van der Waals surface area (Å²) in [6.07, 6.45) is 7.64.